The third-order valence-electron chi connectivity index (χ3n) is 3.55. The van der Waals surface area contributed by atoms with Crippen molar-refractivity contribution in [2.75, 3.05) is 24.9 Å². The first-order valence-corrected chi connectivity index (χ1v) is 7.46. The summed E-state index contributed by atoms with van der Waals surface area (Å²) in [5.74, 6) is 1.63. The summed E-state index contributed by atoms with van der Waals surface area (Å²) in [4.78, 5) is 16.7. The molecule has 1 aromatic carbocycles. The fourth-order valence-electron chi connectivity index (χ4n) is 2.19. The summed E-state index contributed by atoms with van der Waals surface area (Å²) >= 11 is 0. The molecule has 1 aromatic heterocycles. The van der Waals surface area contributed by atoms with Crippen LogP contribution in [0.3, 0.4) is 0 Å². The van der Waals surface area contributed by atoms with Crippen molar-refractivity contribution in [1.29, 1.82) is 0 Å². The SMILES string of the molecule is COc1ccc(NC(=O)c2cccc(NC3CC3)n2)cc1OC. The first-order valence-electron chi connectivity index (χ1n) is 7.46. The number of nitrogens with zero attached hydrogens (tertiary/aromatic N) is 1. The van der Waals surface area contributed by atoms with Gasteiger partial charge in [0.15, 0.2) is 11.5 Å². The Kier molecular flexibility index (Phi) is 4.32. The second-order valence-electron chi connectivity index (χ2n) is 5.35. The number of benzene rings is 1. The van der Waals surface area contributed by atoms with Crippen molar-refractivity contribution in [3.8, 4) is 11.5 Å². The number of hydrogen-bond acceptors (Lipinski definition) is 5. The number of pyridine rings is 1. The van der Waals surface area contributed by atoms with Crippen LogP contribution in [0.5, 0.6) is 11.5 Å². The maximum atomic E-state index is 12.3. The van der Waals surface area contributed by atoms with E-state index in [0.29, 0.717) is 28.9 Å². The molecule has 23 heavy (non-hydrogen) atoms. The van der Waals surface area contributed by atoms with Crippen molar-refractivity contribution in [3.05, 3.63) is 42.1 Å². The van der Waals surface area contributed by atoms with Crippen LogP contribution in [0.1, 0.15) is 23.3 Å². The van der Waals surface area contributed by atoms with Crippen molar-refractivity contribution in [2.24, 2.45) is 0 Å². The molecule has 6 heteroatoms. The summed E-state index contributed by atoms with van der Waals surface area (Å²) in [6, 6.07) is 11.1. The van der Waals surface area contributed by atoms with E-state index < -0.39 is 0 Å². The Morgan fingerprint density at radius 1 is 1.13 bits per heavy atom. The number of ether oxygens (including phenoxy) is 2. The summed E-state index contributed by atoms with van der Waals surface area (Å²) in [7, 11) is 3.12. The number of nitrogens with one attached hydrogen (secondary N) is 2. The fourth-order valence-corrected chi connectivity index (χ4v) is 2.19. The Morgan fingerprint density at radius 3 is 2.61 bits per heavy atom. The number of carbonyl (C=O) groups is 1. The molecule has 2 aromatic rings. The maximum Gasteiger partial charge on any atom is 0.274 e. The van der Waals surface area contributed by atoms with Crippen molar-refractivity contribution in [2.45, 2.75) is 18.9 Å². The lowest BCUT2D eigenvalue weighted by atomic mass is 10.2. The lowest BCUT2D eigenvalue weighted by molar-refractivity contribution is 0.102. The van der Waals surface area contributed by atoms with E-state index >= 15 is 0 Å². The predicted molar refractivity (Wildman–Crippen MR) is 88.4 cm³/mol. The lowest BCUT2D eigenvalue weighted by Crippen LogP contribution is -2.15. The van der Waals surface area contributed by atoms with Crippen LogP contribution in [0, 0.1) is 0 Å². The molecule has 1 saturated carbocycles. The average molecular weight is 313 g/mol. The number of aromatic nitrogens is 1. The standard InChI is InChI=1S/C17H19N3O3/c1-22-14-9-8-12(10-15(14)23-2)19-17(21)13-4-3-5-16(20-13)18-11-6-7-11/h3-5,8-11H,6-7H2,1-2H3,(H,18,20)(H,19,21). The van der Waals surface area contributed by atoms with Crippen molar-refractivity contribution in [1.82, 2.24) is 4.98 Å². The predicted octanol–water partition coefficient (Wildman–Crippen LogP) is 2.93. The van der Waals surface area contributed by atoms with E-state index in [1.54, 1.807) is 38.5 Å². The number of anilines is 2. The lowest BCUT2D eigenvalue weighted by Gasteiger charge is -2.11. The second kappa shape index (κ2) is 6.56. The van der Waals surface area contributed by atoms with Gasteiger partial charge in [0.25, 0.3) is 5.91 Å². The quantitative estimate of drug-likeness (QED) is 0.858. The minimum atomic E-state index is -0.267. The molecule has 2 N–H and O–H groups in total. The average Bonchev–Trinajstić information content (AvgIpc) is 3.39. The zero-order valence-corrected chi connectivity index (χ0v) is 13.1. The molecule has 0 unspecified atom stereocenters. The molecule has 1 fully saturated rings. The summed E-state index contributed by atoms with van der Waals surface area (Å²) < 4.78 is 10.4. The van der Waals surface area contributed by atoms with Gasteiger partial charge < -0.3 is 20.1 Å². The molecule has 0 aliphatic heterocycles. The molecular formula is C17H19N3O3. The molecular weight excluding hydrogens is 294 g/mol. The van der Waals surface area contributed by atoms with Crippen LogP contribution in [0.2, 0.25) is 0 Å². The monoisotopic (exact) mass is 313 g/mol. The minimum absolute atomic E-state index is 0.267. The maximum absolute atomic E-state index is 12.3. The zero-order chi connectivity index (χ0) is 16.2. The number of rotatable bonds is 6. The first kappa shape index (κ1) is 15.1. The Morgan fingerprint density at radius 2 is 1.91 bits per heavy atom. The number of carbonyl (C=O) groups excluding carboxylic acids is 1. The fraction of sp³-hybridized carbons (Fsp3) is 0.294. The smallest absolute Gasteiger partial charge is 0.274 e. The molecule has 6 nitrogen and oxygen atoms in total. The molecule has 3 rings (SSSR count). The van der Waals surface area contributed by atoms with Gasteiger partial charge in [-0.15, -0.1) is 0 Å². The third-order valence-corrected chi connectivity index (χ3v) is 3.55. The van der Waals surface area contributed by atoms with Crippen LogP contribution in [0.15, 0.2) is 36.4 Å². The van der Waals surface area contributed by atoms with E-state index in [0.717, 1.165) is 18.7 Å². The van der Waals surface area contributed by atoms with Gasteiger partial charge in [0.05, 0.1) is 14.2 Å². The molecule has 1 aliphatic rings. The van der Waals surface area contributed by atoms with Crippen LogP contribution in [-0.2, 0) is 0 Å². The minimum Gasteiger partial charge on any atom is -0.493 e. The Balaban J connectivity index is 1.73. The normalized spacial score (nSPS) is 13.3. The first-order chi connectivity index (χ1) is 11.2. The van der Waals surface area contributed by atoms with Gasteiger partial charge in [-0.1, -0.05) is 6.07 Å². The van der Waals surface area contributed by atoms with Gasteiger partial charge in [0.2, 0.25) is 0 Å². The summed E-state index contributed by atoms with van der Waals surface area (Å²) in [5, 5.41) is 6.10. The highest BCUT2D eigenvalue weighted by Gasteiger charge is 2.21. The van der Waals surface area contributed by atoms with E-state index in [1.165, 1.54) is 0 Å². The van der Waals surface area contributed by atoms with E-state index in [-0.39, 0.29) is 5.91 Å². The highest BCUT2D eigenvalue weighted by atomic mass is 16.5. The van der Waals surface area contributed by atoms with Gasteiger partial charge in [0, 0.05) is 17.8 Å². The van der Waals surface area contributed by atoms with E-state index in [4.69, 9.17) is 9.47 Å². The summed E-state index contributed by atoms with van der Waals surface area (Å²) in [5.41, 5.74) is 0.987. The van der Waals surface area contributed by atoms with Crippen molar-refractivity contribution in [3.63, 3.8) is 0 Å². The van der Waals surface area contributed by atoms with Crippen LogP contribution in [0.4, 0.5) is 11.5 Å². The van der Waals surface area contributed by atoms with Crippen LogP contribution in [-0.4, -0.2) is 31.2 Å². The van der Waals surface area contributed by atoms with Crippen molar-refractivity contribution < 1.29 is 14.3 Å². The largest absolute Gasteiger partial charge is 0.493 e. The van der Waals surface area contributed by atoms with Gasteiger partial charge in [-0.25, -0.2) is 4.98 Å². The topological polar surface area (TPSA) is 72.5 Å². The second-order valence-corrected chi connectivity index (χ2v) is 5.35. The van der Waals surface area contributed by atoms with Crippen LogP contribution in [0.25, 0.3) is 0 Å². The molecule has 1 amide bonds. The zero-order valence-electron chi connectivity index (χ0n) is 13.1. The number of methoxy groups -OCH3 is 2. The summed E-state index contributed by atoms with van der Waals surface area (Å²) in [6.45, 7) is 0. The van der Waals surface area contributed by atoms with Crippen LogP contribution < -0.4 is 20.1 Å². The molecule has 120 valence electrons. The van der Waals surface area contributed by atoms with Crippen molar-refractivity contribution >= 4 is 17.4 Å². The molecule has 0 spiro atoms. The van der Waals surface area contributed by atoms with Gasteiger partial charge in [-0.3, -0.25) is 4.79 Å². The molecule has 0 saturated heterocycles. The number of hydrogen-bond donors (Lipinski definition) is 2. The Labute approximate surface area is 134 Å². The highest BCUT2D eigenvalue weighted by molar-refractivity contribution is 6.03. The van der Waals surface area contributed by atoms with Gasteiger partial charge in [-0.05, 0) is 37.1 Å². The van der Waals surface area contributed by atoms with Gasteiger partial charge in [0.1, 0.15) is 11.5 Å². The Hall–Kier alpha value is -2.76. The molecule has 0 bridgehead atoms. The van der Waals surface area contributed by atoms with Gasteiger partial charge in [-0.2, -0.15) is 0 Å². The summed E-state index contributed by atoms with van der Waals surface area (Å²) in [6.07, 6.45) is 2.31. The van der Waals surface area contributed by atoms with E-state index in [9.17, 15) is 4.79 Å². The van der Waals surface area contributed by atoms with E-state index in [1.807, 2.05) is 12.1 Å². The van der Waals surface area contributed by atoms with E-state index in [2.05, 4.69) is 15.6 Å². The molecule has 0 atom stereocenters. The van der Waals surface area contributed by atoms with Gasteiger partial charge >= 0.3 is 0 Å². The Bertz CT molecular complexity index is 714. The molecule has 0 radical (unpaired) electrons. The molecule has 1 aliphatic carbocycles. The highest BCUT2D eigenvalue weighted by Crippen LogP contribution is 2.30. The number of amides is 1. The molecule has 1 heterocycles. The third kappa shape index (κ3) is 3.71. The van der Waals surface area contributed by atoms with Crippen LogP contribution >= 0.6 is 0 Å².